The molecule has 21 saturated heterocycles. The van der Waals surface area contributed by atoms with Gasteiger partial charge in [-0.3, -0.25) is 0 Å². The lowest BCUT2D eigenvalue weighted by Crippen LogP contribution is -2.70. The van der Waals surface area contributed by atoms with Crippen LogP contribution in [0.1, 0.15) is 25.7 Å². The molecule has 21 N–H and O–H groups in total. The lowest BCUT2D eigenvalue weighted by atomic mass is 9.95. The summed E-state index contributed by atoms with van der Waals surface area (Å²) in [4.78, 5) is 0. The number of rotatable bonds is 5. The lowest BCUT2D eigenvalue weighted by molar-refractivity contribution is -0.440. The van der Waals surface area contributed by atoms with E-state index in [2.05, 4.69) is 0 Å². The molecule has 12 unspecified atom stereocenters. The van der Waals surface area contributed by atoms with Gasteiger partial charge in [0, 0.05) is 0 Å². The first-order valence-electron chi connectivity index (χ1n) is 25.6. The molecule has 14 bridgehead atoms. The quantitative estimate of drug-likeness (QED) is 0.122. The van der Waals surface area contributed by atoms with E-state index in [4.69, 9.17) is 66.3 Å². The molecule has 1 aliphatic carbocycles. The van der Waals surface area contributed by atoms with E-state index in [-0.39, 0.29) is 0 Å². The molecule has 0 aromatic heterocycles. The van der Waals surface area contributed by atoms with Crippen molar-refractivity contribution >= 4 is 0 Å². The fraction of sp³-hybridized carbons (Fsp3) is 1.00. The van der Waals surface area contributed by atoms with Crippen molar-refractivity contribution in [3.63, 3.8) is 0 Å². The minimum Gasteiger partial charge on any atom is -0.394 e. The molecule has 79 heavy (non-hydrogen) atoms. The molecule has 22 rings (SSSR count). The highest BCUT2D eigenvalue weighted by Gasteiger charge is 2.61. The molecular weight excluding hydrogens is 1090 g/mol. The van der Waals surface area contributed by atoms with E-state index < -0.39 is 248 Å². The normalized spacial score (nSPS) is 54.9. The van der Waals surface area contributed by atoms with Crippen LogP contribution in [0.15, 0.2) is 0 Å². The van der Waals surface area contributed by atoms with E-state index in [1.165, 1.54) is 25.7 Å². The van der Waals surface area contributed by atoms with E-state index in [0.29, 0.717) is 0 Å². The summed E-state index contributed by atoms with van der Waals surface area (Å²) in [7, 11) is 0. The van der Waals surface area contributed by atoms with Gasteiger partial charge in [-0.25, -0.2) is 0 Å². The molecule has 0 amide bonds. The highest BCUT2D eigenvalue weighted by Crippen LogP contribution is 2.39. The van der Waals surface area contributed by atoms with E-state index in [1.54, 1.807) is 0 Å². The monoisotopic (exact) mass is 1160 g/mol. The van der Waals surface area contributed by atoms with Crippen molar-refractivity contribution in [2.45, 2.75) is 228 Å². The van der Waals surface area contributed by atoms with E-state index >= 15 is 0 Å². The summed E-state index contributed by atoms with van der Waals surface area (Å²) in [6.45, 7) is -7.68. The molecular formula is C44H74O35. The Balaban J connectivity index is 0.00000196. The van der Waals surface area contributed by atoms with Gasteiger partial charge in [0.2, 0.25) is 11.6 Å². The number of aliphatic hydroxyl groups is 21. The average Bonchev–Trinajstić information content (AvgIpc) is 3.47. The largest absolute Gasteiger partial charge is 0.394 e. The molecule has 460 valence electrons. The average molecular weight is 1160 g/mol. The van der Waals surface area contributed by atoms with Gasteiger partial charge in [0.25, 0.3) is 0 Å². The Bertz CT molecular complexity index is 1890. The van der Waals surface area contributed by atoms with Crippen LogP contribution in [0.5, 0.6) is 0 Å². The Labute approximate surface area is 447 Å². The van der Waals surface area contributed by atoms with Gasteiger partial charge in [-0.2, -0.15) is 0 Å². The topological polar surface area (TPSA) is 554 Å². The molecule has 35 nitrogen and oxygen atoms in total. The van der Waals surface area contributed by atoms with Gasteiger partial charge in [0.1, 0.15) is 160 Å². The van der Waals surface area contributed by atoms with Crippen LogP contribution in [0.2, 0.25) is 0 Å². The van der Waals surface area contributed by atoms with Crippen LogP contribution in [-0.4, -0.2) is 356 Å². The molecule has 33 atom stereocenters. The standard InChI is InChI=1S/C40H66O35.C4H8/c41-1-8-25-13(46)18(51)34(64-8)71-27-9(2-42)65-35(19(52)14(27)47)72-28-10(3-43)66-36(20(53)15(28)48)73-29-12(5-45)68-38(22(55)17(29)50)75-40(61)7-63-33(24(57)31(40)59)70-26-11(4-44)67-37(21(54)16(26)49)74-39(60)6-62-32(69-25)23(56)30(39)58;1-2-4-3-1/h8-38,41-61H,1-7H2;1-4H2/t8?,9?,10?,11?,12?,13-,14-,15-,16-,17-,18?,19?,20?,21?,22?,23?,24?,25+,26-,27+,28-,29-,30-,31-,32+,33-,34+,35-,36-,37-,38-,39-,40-;/m1./s1. The first kappa shape index (κ1) is 63.6. The van der Waals surface area contributed by atoms with Gasteiger partial charge in [-0.05, 0) is 0 Å². The van der Waals surface area contributed by atoms with Crippen molar-refractivity contribution in [1.29, 1.82) is 0 Å². The Morgan fingerprint density at radius 3 is 0.709 bits per heavy atom. The zero-order valence-electron chi connectivity index (χ0n) is 41.8. The van der Waals surface area contributed by atoms with E-state index in [1.807, 2.05) is 0 Å². The molecule has 0 aromatic rings. The Morgan fingerprint density at radius 1 is 0.266 bits per heavy atom. The zero-order chi connectivity index (χ0) is 57.6. The maximum Gasteiger partial charge on any atom is 0.221 e. The molecule has 1 saturated carbocycles. The van der Waals surface area contributed by atoms with Gasteiger partial charge < -0.3 is 174 Å². The molecule has 21 aliphatic heterocycles. The van der Waals surface area contributed by atoms with Crippen LogP contribution in [0.3, 0.4) is 0 Å². The fourth-order valence-corrected chi connectivity index (χ4v) is 10.1. The fourth-order valence-electron chi connectivity index (χ4n) is 10.1. The minimum atomic E-state index is -3.07. The summed E-state index contributed by atoms with van der Waals surface area (Å²) in [6.07, 6.45) is -58.9. The second-order valence-corrected chi connectivity index (χ2v) is 20.6. The second kappa shape index (κ2) is 26.5. The van der Waals surface area contributed by atoms with Gasteiger partial charge in [0.15, 0.2) is 44.0 Å². The van der Waals surface area contributed by atoms with Crippen molar-refractivity contribution < 1.29 is 174 Å². The van der Waals surface area contributed by atoms with Crippen LogP contribution in [0.4, 0.5) is 0 Å². The molecule has 0 aromatic carbocycles. The predicted molar refractivity (Wildman–Crippen MR) is 237 cm³/mol. The van der Waals surface area contributed by atoms with Gasteiger partial charge in [-0.15, -0.1) is 0 Å². The van der Waals surface area contributed by atoms with E-state index in [9.17, 15) is 107 Å². The van der Waals surface area contributed by atoms with Gasteiger partial charge in [0.05, 0.1) is 33.0 Å². The van der Waals surface area contributed by atoms with Crippen LogP contribution >= 0.6 is 0 Å². The van der Waals surface area contributed by atoms with Crippen molar-refractivity contribution in [2.75, 3.05) is 46.2 Å². The maximum absolute atomic E-state index is 11.4. The van der Waals surface area contributed by atoms with Crippen molar-refractivity contribution in [1.82, 2.24) is 0 Å². The third kappa shape index (κ3) is 12.8. The maximum atomic E-state index is 11.4. The van der Waals surface area contributed by atoms with Crippen LogP contribution < -0.4 is 0 Å². The van der Waals surface area contributed by atoms with Crippen LogP contribution in [0.25, 0.3) is 0 Å². The SMILES string of the molecule is C1CCC1.OCC1O[C@@H]2O[C@]3(O)CO[C@H](O[C@@H]4C(CO)O[C@H](O[C@]5(O)CO[C@@H](O[C@H]6C(CO)O[C@@H](O[C@H]7C(CO)O[C@H](O[C@@H]8C(CO)O[C@H](O[C@H]1[C@H](O)C2O)C(O)[C@H]8O)C(O)[C@H]7O)C(O)[C@H]6O)C(O)[C@H]5O)C(O)[C@H]4O)C(O)[C@H]3O. The first-order chi connectivity index (χ1) is 37.4. The Hall–Kier alpha value is -1.40. The number of ether oxygens (including phenoxy) is 14. The molecule has 0 radical (unpaired) electrons. The third-order valence-electron chi connectivity index (χ3n) is 15.2. The summed E-state index contributed by atoms with van der Waals surface area (Å²) in [5.74, 6) is -6.13. The molecule has 35 heteroatoms. The van der Waals surface area contributed by atoms with Crippen LogP contribution in [-0.2, 0) is 66.3 Å². The number of aliphatic hydroxyl groups excluding tert-OH is 19. The number of hydrogen-bond acceptors (Lipinski definition) is 35. The van der Waals surface area contributed by atoms with Crippen LogP contribution in [0, 0.1) is 0 Å². The van der Waals surface area contributed by atoms with E-state index in [0.717, 1.165) is 0 Å². The molecule has 21 heterocycles. The minimum absolute atomic E-state index is 1.05. The summed E-state index contributed by atoms with van der Waals surface area (Å²) in [5.41, 5.74) is 0. The van der Waals surface area contributed by atoms with Gasteiger partial charge in [-0.1, -0.05) is 25.7 Å². The van der Waals surface area contributed by atoms with Crippen molar-refractivity contribution in [3.8, 4) is 0 Å². The third-order valence-corrected chi connectivity index (χ3v) is 15.2. The predicted octanol–water partition coefficient (Wildman–Crippen LogP) is -13.8. The summed E-state index contributed by atoms with van der Waals surface area (Å²) < 4.78 is 77.6. The number of hydrogen-bond donors (Lipinski definition) is 21. The molecule has 22 fully saturated rings. The summed E-state index contributed by atoms with van der Waals surface area (Å²) in [5, 5.41) is 230. The molecule has 0 spiro atoms. The second-order valence-electron chi connectivity index (χ2n) is 20.6. The lowest BCUT2D eigenvalue weighted by Gasteiger charge is -2.50. The van der Waals surface area contributed by atoms with Crippen molar-refractivity contribution in [3.05, 3.63) is 0 Å². The highest BCUT2D eigenvalue weighted by molar-refractivity contribution is 5.01. The first-order valence-corrected chi connectivity index (χ1v) is 25.6. The zero-order valence-corrected chi connectivity index (χ0v) is 41.8. The Morgan fingerprint density at radius 2 is 0.481 bits per heavy atom. The van der Waals surface area contributed by atoms with Crippen molar-refractivity contribution in [2.24, 2.45) is 0 Å². The smallest absolute Gasteiger partial charge is 0.221 e. The van der Waals surface area contributed by atoms with Gasteiger partial charge >= 0.3 is 0 Å². The highest BCUT2D eigenvalue weighted by atomic mass is 16.8. The summed E-state index contributed by atoms with van der Waals surface area (Å²) in [6, 6.07) is 0. The Kier molecular flexibility index (Phi) is 21.3. The summed E-state index contributed by atoms with van der Waals surface area (Å²) >= 11 is 0. The molecule has 22 aliphatic rings.